The Bertz CT molecular complexity index is 1880. The van der Waals surface area contributed by atoms with E-state index in [-0.39, 0.29) is 76.1 Å². The van der Waals surface area contributed by atoms with Crippen LogP contribution in [0.2, 0.25) is 0 Å². The molecule has 97 heavy (non-hydrogen) atoms. The second-order valence-electron chi connectivity index (χ2n) is 26.7. The molecule has 572 valence electrons. The van der Waals surface area contributed by atoms with Crippen molar-refractivity contribution in [1.29, 1.82) is 0 Å². The summed E-state index contributed by atoms with van der Waals surface area (Å²) in [6, 6.07) is -1.63. The summed E-state index contributed by atoms with van der Waals surface area (Å²) < 4.78 is 69.4. The maximum absolute atomic E-state index is 13.0. The molecule has 0 heterocycles. The molecular formula is C73H142N4O18P2. The molecule has 0 rings (SSSR count). The molecule has 0 aromatic carbocycles. The van der Waals surface area contributed by atoms with E-state index in [4.69, 9.17) is 37.0 Å². The average Bonchev–Trinajstić information content (AvgIpc) is 2.18. The van der Waals surface area contributed by atoms with Crippen molar-refractivity contribution in [3.63, 3.8) is 0 Å². The van der Waals surface area contributed by atoms with Gasteiger partial charge in [0.05, 0.1) is 64.9 Å². The first kappa shape index (κ1) is 94.0. The van der Waals surface area contributed by atoms with Crippen LogP contribution in [0.1, 0.15) is 343 Å². The van der Waals surface area contributed by atoms with Crippen LogP contribution in [0, 0.1) is 0 Å². The molecule has 0 aromatic heterocycles. The predicted molar refractivity (Wildman–Crippen MR) is 386 cm³/mol. The van der Waals surface area contributed by atoms with E-state index in [0.717, 1.165) is 77.0 Å². The van der Waals surface area contributed by atoms with E-state index in [9.17, 15) is 47.7 Å². The minimum absolute atomic E-state index is 0.0555. The zero-order valence-electron chi connectivity index (χ0n) is 61.9. The van der Waals surface area contributed by atoms with E-state index >= 15 is 0 Å². The minimum Gasteiger partial charge on any atom is -0.463 e. The normalized spacial score (nSPS) is 14.0. The predicted octanol–water partition coefficient (Wildman–Crippen LogP) is 16.8. The minimum atomic E-state index is -4.70. The number of amides is 4. The lowest BCUT2D eigenvalue weighted by atomic mass is 10.1. The summed E-state index contributed by atoms with van der Waals surface area (Å²) in [4.78, 5) is 97.3. The van der Waals surface area contributed by atoms with Crippen molar-refractivity contribution >= 4 is 51.2 Å². The Labute approximate surface area is 588 Å². The van der Waals surface area contributed by atoms with Crippen LogP contribution in [0.3, 0.4) is 0 Å². The lowest BCUT2D eigenvalue weighted by molar-refractivity contribution is -0.150. The number of esters is 2. The highest BCUT2D eigenvalue weighted by atomic mass is 31.2. The van der Waals surface area contributed by atoms with Gasteiger partial charge in [-0.15, -0.1) is 0 Å². The highest BCUT2D eigenvalue weighted by Gasteiger charge is 2.27. The van der Waals surface area contributed by atoms with Gasteiger partial charge in [0, 0.05) is 51.6 Å². The first-order chi connectivity index (χ1) is 46.8. The van der Waals surface area contributed by atoms with Crippen LogP contribution in [-0.4, -0.2) is 136 Å². The Morgan fingerprint density at radius 2 is 0.588 bits per heavy atom. The molecule has 0 aliphatic carbocycles. The summed E-state index contributed by atoms with van der Waals surface area (Å²) in [7, 11) is -9.41. The molecule has 22 nitrogen and oxygen atoms in total. The van der Waals surface area contributed by atoms with Gasteiger partial charge in [-0.2, -0.15) is 0 Å². The molecule has 6 atom stereocenters. The molecule has 24 heteroatoms. The highest BCUT2D eigenvalue weighted by molar-refractivity contribution is 7.47. The number of ether oxygens (including phenoxy) is 4. The molecule has 0 radical (unpaired) electrons. The second-order valence-corrected chi connectivity index (χ2v) is 29.6. The maximum atomic E-state index is 13.0. The molecular weight excluding hydrogens is 1280 g/mol. The number of unbranched alkanes of at least 4 members (excludes halogenated alkanes) is 36. The number of hydrogen-bond donors (Lipinski definition) is 6. The Morgan fingerprint density at radius 3 is 0.866 bits per heavy atom. The molecule has 0 spiro atoms. The summed E-state index contributed by atoms with van der Waals surface area (Å²) in [5.74, 6) is -2.50. The molecule has 0 saturated heterocycles. The lowest BCUT2D eigenvalue weighted by Gasteiger charge is -2.21. The number of phosphoric acid groups is 2. The fourth-order valence-electron chi connectivity index (χ4n) is 11.0. The number of carbonyl (C=O) groups excluding carboxylic acids is 6. The van der Waals surface area contributed by atoms with Crippen LogP contribution in [0.5, 0.6) is 0 Å². The largest absolute Gasteiger partial charge is 0.472 e. The Morgan fingerprint density at radius 1 is 0.330 bits per heavy atom. The molecule has 0 aliphatic rings. The zero-order chi connectivity index (χ0) is 71.6. The maximum Gasteiger partial charge on any atom is 0.472 e. The van der Waals surface area contributed by atoms with Gasteiger partial charge in [0.25, 0.3) is 0 Å². The van der Waals surface area contributed by atoms with Crippen LogP contribution in [0.15, 0.2) is 0 Å². The molecule has 0 fully saturated rings. The first-order valence-corrected chi connectivity index (χ1v) is 41.7. The van der Waals surface area contributed by atoms with Gasteiger partial charge >= 0.3 is 27.6 Å². The molecule has 0 aromatic rings. The summed E-state index contributed by atoms with van der Waals surface area (Å²) in [6.45, 7) is 10.4. The number of nitrogens with one attached hydrogen (secondary N) is 4. The quantitative estimate of drug-likeness (QED) is 0.0143. The Hall–Kier alpha value is -3.04. The monoisotopic (exact) mass is 1420 g/mol. The average molecular weight is 1430 g/mol. The van der Waals surface area contributed by atoms with Crippen LogP contribution < -0.4 is 21.3 Å². The van der Waals surface area contributed by atoms with E-state index in [1.54, 1.807) is 13.8 Å². The van der Waals surface area contributed by atoms with Crippen LogP contribution >= 0.6 is 15.6 Å². The van der Waals surface area contributed by atoms with Crippen molar-refractivity contribution in [2.24, 2.45) is 0 Å². The van der Waals surface area contributed by atoms with Crippen molar-refractivity contribution in [3.05, 3.63) is 0 Å². The summed E-state index contributed by atoms with van der Waals surface area (Å²) in [5, 5.41) is 10.5. The van der Waals surface area contributed by atoms with Crippen molar-refractivity contribution in [3.8, 4) is 0 Å². The third-order valence-electron chi connectivity index (χ3n) is 16.9. The van der Waals surface area contributed by atoms with E-state index in [2.05, 4.69) is 49.0 Å². The van der Waals surface area contributed by atoms with Gasteiger partial charge in [-0.25, -0.2) is 9.13 Å². The van der Waals surface area contributed by atoms with Gasteiger partial charge in [0.1, 0.15) is 18.6 Å². The molecule has 0 bridgehead atoms. The first-order valence-electron chi connectivity index (χ1n) is 38.7. The third-order valence-corrected chi connectivity index (χ3v) is 18.9. The van der Waals surface area contributed by atoms with Gasteiger partial charge in [0.2, 0.25) is 23.6 Å². The van der Waals surface area contributed by atoms with Crippen LogP contribution in [0.4, 0.5) is 0 Å². The third kappa shape index (κ3) is 67.2. The fraction of sp³-hybridized carbons (Fsp3) is 0.918. The number of phosphoric ester groups is 2. The van der Waals surface area contributed by atoms with E-state index in [1.807, 2.05) is 0 Å². The smallest absolute Gasteiger partial charge is 0.463 e. The van der Waals surface area contributed by atoms with Gasteiger partial charge in [-0.1, -0.05) is 259 Å². The van der Waals surface area contributed by atoms with Gasteiger partial charge in [-0.3, -0.25) is 46.9 Å². The topological polar surface area (TPSA) is 299 Å². The van der Waals surface area contributed by atoms with Crippen molar-refractivity contribution in [2.45, 2.75) is 368 Å². The van der Waals surface area contributed by atoms with Gasteiger partial charge in [0.15, 0.2) is 0 Å². The molecule has 0 saturated carbocycles. The number of carbonyl (C=O) groups is 6. The SMILES string of the molecule is CCCCCCCCCCCCCC(=O)N[C@H](COCC[C@@H](C)OC(=O)CCCCCCCCCCC)COP(=O)(O)OCCNC(=O)CC(=O)NCCOP(=O)(O)OC[C@@H](COCC[C@@H](C)OC(=O)CCCCCCCCCCC)NC(=O)CCCCCCCCCCCCC. The summed E-state index contributed by atoms with van der Waals surface area (Å²) in [5.41, 5.74) is 0. The standard InChI is InChI=1S/C73H142N4O18P2/c1-7-11-15-19-23-27-29-33-35-39-43-47-68(78)76-66(60-88-55-51-64(5)94-72(82)49-45-41-37-31-25-21-17-13-9-3)62-92-96(84,85)90-57-53-74-70(80)59-71(81)75-54-58-91-97(86,87)93-63-67(77-69(79)48-44-40-36-34-30-28-24-20-16-12-8-2)61-89-56-52-65(6)95-73(83)50-46-42-38-32-26-22-18-14-10-4/h64-67H,7-63H2,1-6H3,(H,74,80)(H,75,81)(H,76,78)(H,77,79)(H,84,85)(H,86,87)/t64-,65-,66-,67-/m1/s1. The number of hydrogen-bond acceptors (Lipinski definition) is 16. The summed E-state index contributed by atoms with van der Waals surface area (Å²) in [6.07, 6.45) is 46.4. The van der Waals surface area contributed by atoms with E-state index < -0.39 is 84.6 Å². The molecule has 6 N–H and O–H groups in total. The van der Waals surface area contributed by atoms with Gasteiger partial charge in [-0.05, 0) is 39.5 Å². The Kier molecular flexibility index (Phi) is 65.3. The molecule has 0 aliphatic heterocycles. The van der Waals surface area contributed by atoms with Crippen molar-refractivity contribution in [1.82, 2.24) is 21.3 Å². The van der Waals surface area contributed by atoms with Crippen molar-refractivity contribution in [2.75, 3.05) is 65.9 Å². The van der Waals surface area contributed by atoms with Gasteiger partial charge < -0.3 is 50.0 Å². The molecule has 2 unspecified atom stereocenters. The highest BCUT2D eigenvalue weighted by Crippen LogP contribution is 2.44. The van der Waals surface area contributed by atoms with E-state index in [0.29, 0.717) is 38.5 Å². The van der Waals surface area contributed by atoms with E-state index in [1.165, 1.54) is 167 Å². The second kappa shape index (κ2) is 67.4. The zero-order valence-corrected chi connectivity index (χ0v) is 63.7. The van der Waals surface area contributed by atoms with Crippen LogP contribution in [-0.2, 0) is 74.9 Å². The fourth-order valence-corrected chi connectivity index (χ4v) is 12.5. The van der Waals surface area contributed by atoms with Crippen molar-refractivity contribution < 1.29 is 84.7 Å². The summed E-state index contributed by atoms with van der Waals surface area (Å²) >= 11 is 0. The number of rotatable bonds is 74. The molecule has 4 amide bonds. The Balaban J connectivity index is 5.07. The van der Waals surface area contributed by atoms with Crippen LogP contribution in [0.25, 0.3) is 0 Å². The lowest BCUT2D eigenvalue weighted by Crippen LogP contribution is -2.41.